The molecular formula is C13H16ClNO. The van der Waals surface area contributed by atoms with Crippen molar-refractivity contribution in [3.8, 4) is 0 Å². The van der Waals surface area contributed by atoms with Crippen molar-refractivity contribution in [3.05, 3.63) is 34.9 Å². The van der Waals surface area contributed by atoms with Crippen molar-refractivity contribution in [2.24, 2.45) is 0 Å². The van der Waals surface area contributed by atoms with E-state index in [0.29, 0.717) is 0 Å². The van der Waals surface area contributed by atoms with Gasteiger partial charge >= 0.3 is 0 Å². The molecule has 1 aliphatic rings. The molecule has 0 saturated heterocycles. The number of rotatable bonds is 2. The fraction of sp³-hybridized carbons (Fsp3) is 0.462. The number of likely N-dealkylation sites (N-methyl/N-ethyl adjacent to an activating group) is 1. The summed E-state index contributed by atoms with van der Waals surface area (Å²) >= 11 is 6.10. The van der Waals surface area contributed by atoms with E-state index >= 15 is 0 Å². The zero-order valence-corrected chi connectivity index (χ0v) is 9.21. The molecule has 1 N–H and O–H groups in total. The molecule has 0 spiro atoms. The maximum Gasteiger partial charge on any atom is 0.157 e. The van der Waals surface area contributed by atoms with E-state index in [0.717, 1.165) is 0 Å². The summed E-state index contributed by atoms with van der Waals surface area (Å²) in [5, 5.41) is -0.0996. The molecule has 0 heterocycles. The summed E-state index contributed by atoms with van der Waals surface area (Å²) in [5.74, 6) is -1.03. The number of carbonyl (C=O) groups is 1. The molecule has 1 aromatic carbocycles. The third-order valence-electron chi connectivity index (χ3n) is 2.59. The van der Waals surface area contributed by atoms with Gasteiger partial charge in [0.1, 0.15) is 6.95 Å². The Kier molecular flexibility index (Phi) is 1.48. The van der Waals surface area contributed by atoms with E-state index < -0.39 is 43.9 Å². The van der Waals surface area contributed by atoms with Crippen LogP contribution in [0, 0.1) is 0 Å². The highest BCUT2D eigenvalue weighted by Gasteiger charge is 2.40. The van der Waals surface area contributed by atoms with Crippen LogP contribution in [0.3, 0.4) is 0 Å². The molecule has 0 aliphatic heterocycles. The van der Waals surface area contributed by atoms with Crippen LogP contribution in [0.1, 0.15) is 40.7 Å². The molecule has 1 aliphatic carbocycles. The van der Waals surface area contributed by atoms with E-state index in [1.807, 2.05) is 0 Å². The Labute approximate surface area is 112 Å². The summed E-state index contributed by atoms with van der Waals surface area (Å²) in [7, 11) is 0. The van der Waals surface area contributed by atoms with Gasteiger partial charge in [-0.25, -0.2) is 0 Å². The van der Waals surface area contributed by atoms with Crippen LogP contribution >= 0.6 is 11.6 Å². The monoisotopic (exact) mass is 245 g/mol. The second kappa shape index (κ2) is 4.56. The van der Waals surface area contributed by atoms with Crippen LogP contribution in [0.5, 0.6) is 0 Å². The Balaban J connectivity index is 2.82. The Morgan fingerprint density at radius 3 is 3.12 bits per heavy atom. The second-order valence-electron chi connectivity index (χ2n) is 3.51. The molecule has 16 heavy (non-hydrogen) atoms. The summed E-state index contributed by atoms with van der Waals surface area (Å²) < 4.78 is 62.7. The molecule has 1 unspecified atom stereocenters. The first-order valence-corrected chi connectivity index (χ1v) is 5.21. The van der Waals surface area contributed by atoms with Gasteiger partial charge < -0.3 is 5.31 Å². The second-order valence-corrected chi connectivity index (χ2v) is 3.91. The predicted molar refractivity (Wildman–Crippen MR) is 65.7 cm³/mol. The van der Waals surface area contributed by atoms with Gasteiger partial charge in [0.2, 0.25) is 0 Å². The Hall–Kier alpha value is -0.860. The molecule has 1 aromatic rings. The van der Waals surface area contributed by atoms with Crippen LogP contribution in [0.4, 0.5) is 0 Å². The number of halogens is 1. The SMILES string of the molecule is [2H]N(C([2H])([2H])[2H])C1(c2ccccc2Cl)C(=O)CC([2H])([2H])CC1([2H])[2H]. The molecule has 0 radical (unpaired) electrons. The summed E-state index contributed by atoms with van der Waals surface area (Å²) in [4.78, 5) is 12.8. The van der Waals surface area contributed by atoms with Gasteiger partial charge in [-0.2, -0.15) is 0 Å². The molecule has 86 valence electrons. The largest absolute Gasteiger partial charge is 0.304 e. The standard InChI is InChI=1S/C13H16ClNO/c1-15-13(9-5-4-8-12(13)16)10-6-2-3-7-11(10)14/h2-3,6-7,15H,4-5,8-9H2,1H3/i1D3,4D2,9D2/hD. The average Bonchev–Trinajstić information content (AvgIpc) is 2.36. The number of hydrogen-bond acceptors (Lipinski definition) is 2. The normalized spacial score (nSPS) is 40.5. The molecule has 2 nitrogen and oxygen atoms in total. The van der Waals surface area contributed by atoms with Crippen LogP contribution < -0.4 is 5.31 Å². The van der Waals surface area contributed by atoms with Crippen LogP contribution in [-0.4, -0.2) is 12.8 Å². The van der Waals surface area contributed by atoms with Gasteiger partial charge in [0, 0.05) is 21.0 Å². The topological polar surface area (TPSA) is 29.1 Å². The lowest BCUT2D eigenvalue weighted by atomic mass is 9.75. The minimum Gasteiger partial charge on any atom is -0.304 e. The third kappa shape index (κ3) is 1.76. The summed E-state index contributed by atoms with van der Waals surface area (Å²) in [6.07, 6.45) is -6.24. The van der Waals surface area contributed by atoms with E-state index in [1.165, 1.54) is 24.3 Å². The number of benzene rings is 1. The summed E-state index contributed by atoms with van der Waals surface area (Å²) in [6.45, 7) is -3.10. The van der Waals surface area contributed by atoms with Gasteiger partial charge in [-0.3, -0.25) is 4.79 Å². The number of hydrogen-bond donors (Lipinski definition) is 1. The molecular weight excluding hydrogens is 222 g/mol. The number of nitrogens with one attached hydrogen (secondary N) is 1. The number of Topliss-reactive ketones (excluding diaryl/α,β-unsaturated/α-hetero) is 1. The van der Waals surface area contributed by atoms with E-state index in [4.69, 9.17) is 22.6 Å². The quantitative estimate of drug-likeness (QED) is 0.868. The molecule has 0 amide bonds. The lowest BCUT2D eigenvalue weighted by Gasteiger charge is -2.36. The Bertz CT molecular complexity index is 662. The number of ketones is 1. The molecule has 0 bridgehead atoms. The Morgan fingerprint density at radius 2 is 2.44 bits per heavy atom. The van der Waals surface area contributed by atoms with Gasteiger partial charge in [0.05, 0.1) is 0 Å². The fourth-order valence-electron chi connectivity index (χ4n) is 1.76. The number of carbonyl (C=O) groups excluding carboxylic acids is 1. The van der Waals surface area contributed by atoms with Crippen molar-refractivity contribution in [1.82, 2.24) is 5.31 Å². The average molecular weight is 246 g/mol. The van der Waals surface area contributed by atoms with Crippen molar-refractivity contribution in [1.29, 1.82) is 0 Å². The van der Waals surface area contributed by atoms with Crippen molar-refractivity contribution in [2.75, 3.05) is 6.98 Å². The highest BCUT2D eigenvalue weighted by atomic mass is 35.5. The van der Waals surface area contributed by atoms with Crippen molar-refractivity contribution in [2.45, 2.75) is 31.1 Å². The van der Waals surface area contributed by atoms with Gasteiger partial charge in [0.15, 0.2) is 5.78 Å². The van der Waals surface area contributed by atoms with Gasteiger partial charge in [0.25, 0.3) is 0 Å². The highest BCUT2D eigenvalue weighted by Crippen LogP contribution is 2.37. The predicted octanol–water partition coefficient (Wildman–Crippen LogP) is 2.90. The first-order chi connectivity index (χ1) is 10.8. The maximum atomic E-state index is 12.8. The van der Waals surface area contributed by atoms with Crippen LogP contribution in [-0.2, 0) is 10.3 Å². The van der Waals surface area contributed by atoms with Gasteiger partial charge in [-0.05, 0) is 31.4 Å². The van der Waals surface area contributed by atoms with Gasteiger partial charge in [-0.1, -0.05) is 36.2 Å². The molecule has 2 rings (SSSR count). The molecule has 1 fully saturated rings. The lowest BCUT2D eigenvalue weighted by molar-refractivity contribution is -0.127. The van der Waals surface area contributed by atoms with Gasteiger partial charge in [-0.15, -0.1) is 0 Å². The Morgan fingerprint density at radius 1 is 1.62 bits per heavy atom. The van der Waals surface area contributed by atoms with E-state index in [2.05, 4.69) is 0 Å². The van der Waals surface area contributed by atoms with E-state index in [9.17, 15) is 4.79 Å². The van der Waals surface area contributed by atoms with Crippen LogP contribution in [0.15, 0.2) is 24.3 Å². The molecule has 1 saturated carbocycles. The van der Waals surface area contributed by atoms with E-state index in [1.54, 1.807) is 0 Å². The smallest absolute Gasteiger partial charge is 0.157 e. The van der Waals surface area contributed by atoms with Crippen molar-refractivity contribution in [3.63, 3.8) is 0 Å². The first kappa shape index (κ1) is 5.19. The summed E-state index contributed by atoms with van der Waals surface area (Å²) in [6, 6.07) is 5.67. The molecule has 1 atom stereocenters. The third-order valence-corrected chi connectivity index (χ3v) is 2.92. The minimum absolute atomic E-state index is 0.0429. The van der Waals surface area contributed by atoms with Crippen molar-refractivity contribution < 1.29 is 15.8 Å². The minimum atomic E-state index is -3.10. The zero-order valence-electron chi connectivity index (χ0n) is 16.5. The van der Waals surface area contributed by atoms with Crippen molar-refractivity contribution >= 4 is 17.4 Å². The van der Waals surface area contributed by atoms with Crippen LogP contribution in [0.2, 0.25) is 6.43 Å². The highest BCUT2D eigenvalue weighted by molar-refractivity contribution is 6.31. The summed E-state index contributed by atoms with van der Waals surface area (Å²) in [5.41, 5.74) is -2.68. The van der Waals surface area contributed by atoms with Crippen LogP contribution in [0.25, 0.3) is 0 Å². The zero-order chi connectivity index (χ0) is 18.6. The fourth-order valence-corrected chi connectivity index (χ4v) is 2.03. The maximum absolute atomic E-state index is 12.8. The first-order valence-electron chi connectivity index (χ1n) is 8.78. The van der Waals surface area contributed by atoms with E-state index in [-0.39, 0.29) is 15.9 Å². The molecule has 3 heteroatoms. The lowest BCUT2D eigenvalue weighted by Crippen LogP contribution is -2.49. The molecule has 0 aromatic heterocycles.